The van der Waals surface area contributed by atoms with E-state index in [1.807, 2.05) is 0 Å². The molecule has 0 aromatic heterocycles. The fourth-order valence-electron chi connectivity index (χ4n) is 4.03. The highest BCUT2D eigenvalue weighted by Gasteiger charge is 2.28. The van der Waals surface area contributed by atoms with Gasteiger partial charge in [-0.2, -0.15) is 0 Å². The molecular formula is C24H31NO5. The van der Waals surface area contributed by atoms with Gasteiger partial charge in [0.15, 0.2) is 0 Å². The summed E-state index contributed by atoms with van der Waals surface area (Å²) in [5.74, 6) is -1.40. The summed E-state index contributed by atoms with van der Waals surface area (Å²) in [4.78, 5) is 36.9. The Kier molecular flexibility index (Phi) is 8.05. The molecule has 0 spiro atoms. The molecule has 0 radical (unpaired) electrons. The third-order valence-electron chi connectivity index (χ3n) is 5.63. The lowest BCUT2D eigenvalue weighted by atomic mass is 9.97. The van der Waals surface area contributed by atoms with Crippen molar-refractivity contribution in [2.24, 2.45) is 0 Å². The average Bonchev–Trinajstić information content (AvgIpc) is 2.74. The van der Waals surface area contributed by atoms with Crippen LogP contribution in [-0.4, -0.2) is 30.1 Å². The van der Waals surface area contributed by atoms with Crippen molar-refractivity contribution in [3.8, 4) is 0 Å². The Labute approximate surface area is 178 Å². The molecule has 0 saturated heterocycles. The SMILES string of the molecule is CC(=O)Nc1ccc(C=C(C(=O)OC2CCCCC2)C(=O)OC2CCCCC2)cc1. The van der Waals surface area contributed by atoms with Crippen molar-refractivity contribution in [1.82, 2.24) is 0 Å². The fraction of sp³-hybridized carbons (Fsp3) is 0.542. The molecule has 2 aliphatic rings. The van der Waals surface area contributed by atoms with Gasteiger partial charge in [-0.05, 0) is 75.1 Å². The molecule has 0 unspecified atom stereocenters. The van der Waals surface area contributed by atoms with E-state index < -0.39 is 11.9 Å². The van der Waals surface area contributed by atoms with E-state index in [1.54, 1.807) is 24.3 Å². The lowest BCUT2D eigenvalue weighted by Gasteiger charge is -2.24. The summed E-state index contributed by atoms with van der Waals surface area (Å²) in [6.45, 7) is 1.44. The molecular weight excluding hydrogens is 382 g/mol. The van der Waals surface area contributed by atoms with Gasteiger partial charge in [-0.15, -0.1) is 0 Å². The highest BCUT2D eigenvalue weighted by atomic mass is 16.6. The molecule has 30 heavy (non-hydrogen) atoms. The second-order valence-corrected chi connectivity index (χ2v) is 8.19. The third kappa shape index (κ3) is 6.71. The number of hydrogen-bond acceptors (Lipinski definition) is 5. The number of carbonyl (C=O) groups is 3. The first-order chi connectivity index (χ1) is 14.5. The predicted octanol–water partition coefficient (Wildman–Crippen LogP) is 4.78. The van der Waals surface area contributed by atoms with E-state index in [1.165, 1.54) is 13.0 Å². The van der Waals surface area contributed by atoms with Crippen molar-refractivity contribution >= 4 is 29.6 Å². The van der Waals surface area contributed by atoms with Crippen LogP contribution in [0.25, 0.3) is 6.08 Å². The Morgan fingerprint density at radius 2 is 1.27 bits per heavy atom. The zero-order valence-corrected chi connectivity index (χ0v) is 17.7. The number of amides is 1. The van der Waals surface area contributed by atoms with Gasteiger partial charge in [0.1, 0.15) is 17.8 Å². The van der Waals surface area contributed by atoms with E-state index >= 15 is 0 Å². The maximum atomic E-state index is 12.9. The Hall–Kier alpha value is -2.63. The van der Waals surface area contributed by atoms with Crippen LogP contribution in [0.1, 0.15) is 76.7 Å². The summed E-state index contributed by atoms with van der Waals surface area (Å²) in [5, 5.41) is 2.70. The van der Waals surface area contributed by atoms with Crippen molar-refractivity contribution in [2.75, 3.05) is 5.32 Å². The minimum atomic E-state index is -0.617. The standard InChI is InChI=1S/C24H31NO5/c1-17(26)25-19-14-12-18(13-15-19)16-22(23(27)29-20-8-4-2-5-9-20)24(28)30-21-10-6-3-7-11-21/h12-16,20-21H,2-11H2,1H3,(H,25,26). The van der Waals surface area contributed by atoms with Gasteiger partial charge >= 0.3 is 11.9 Å². The molecule has 0 heterocycles. The summed E-state index contributed by atoms with van der Waals surface area (Å²) in [5.41, 5.74) is 1.24. The quantitative estimate of drug-likeness (QED) is 0.314. The third-order valence-corrected chi connectivity index (χ3v) is 5.63. The van der Waals surface area contributed by atoms with Crippen LogP contribution in [-0.2, 0) is 23.9 Å². The second kappa shape index (κ2) is 11.0. The second-order valence-electron chi connectivity index (χ2n) is 8.19. The Morgan fingerprint density at radius 3 is 1.70 bits per heavy atom. The maximum absolute atomic E-state index is 12.9. The van der Waals surface area contributed by atoms with E-state index in [-0.39, 0.29) is 23.7 Å². The summed E-state index contributed by atoms with van der Waals surface area (Å²) < 4.78 is 11.3. The van der Waals surface area contributed by atoms with Gasteiger partial charge < -0.3 is 14.8 Å². The number of nitrogens with one attached hydrogen (secondary N) is 1. The molecule has 6 nitrogen and oxygen atoms in total. The predicted molar refractivity (Wildman–Crippen MR) is 115 cm³/mol. The zero-order valence-electron chi connectivity index (χ0n) is 17.7. The van der Waals surface area contributed by atoms with Gasteiger partial charge in [0, 0.05) is 12.6 Å². The number of esters is 2. The largest absolute Gasteiger partial charge is 0.459 e. The van der Waals surface area contributed by atoms with Crippen LogP contribution in [0.4, 0.5) is 5.69 Å². The van der Waals surface area contributed by atoms with Gasteiger partial charge in [-0.1, -0.05) is 25.0 Å². The lowest BCUT2D eigenvalue weighted by Crippen LogP contribution is -2.28. The Balaban J connectivity index is 1.76. The van der Waals surface area contributed by atoms with Crippen molar-refractivity contribution in [3.05, 3.63) is 35.4 Å². The normalized spacial score (nSPS) is 17.6. The Bertz CT molecular complexity index is 737. The van der Waals surface area contributed by atoms with E-state index in [9.17, 15) is 14.4 Å². The monoisotopic (exact) mass is 413 g/mol. The van der Waals surface area contributed by atoms with Crippen LogP contribution >= 0.6 is 0 Å². The molecule has 1 N–H and O–H groups in total. The first-order valence-corrected chi connectivity index (χ1v) is 11.0. The summed E-state index contributed by atoms with van der Waals surface area (Å²) in [6, 6.07) is 6.94. The van der Waals surface area contributed by atoms with Crippen LogP contribution in [0, 0.1) is 0 Å². The molecule has 2 aliphatic carbocycles. The molecule has 1 amide bonds. The van der Waals surface area contributed by atoms with Gasteiger partial charge in [0.2, 0.25) is 5.91 Å². The molecule has 0 bridgehead atoms. The molecule has 3 rings (SSSR count). The molecule has 0 aliphatic heterocycles. The summed E-state index contributed by atoms with van der Waals surface area (Å²) in [7, 11) is 0. The van der Waals surface area contributed by atoms with Crippen LogP contribution in [0.5, 0.6) is 0 Å². The molecule has 2 saturated carbocycles. The molecule has 2 fully saturated rings. The smallest absolute Gasteiger partial charge is 0.345 e. The van der Waals surface area contributed by atoms with Gasteiger partial charge in [-0.25, -0.2) is 9.59 Å². The number of benzene rings is 1. The van der Waals surface area contributed by atoms with Gasteiger partial charge in [0.05, 0.1) is 0 Å². The topological polar surface area (TPSA) is 81.7 Å². The van der Waals surface area contributed by atoms with Crippen LogP contribution < -0.4 is 5.32 Å². The summed E-state index contributed by atoms with van der Waals surface area (Å²) >= 11 is 0. The number of rotatable bonds is 6. The molecule has 162 valence electrons. The van der Waals surface area contributed by atoms with Crippen molar-refractivity contribution in [1.29, 1.82) is 0 Å². The molecule has 0 atom stereocenters. The zero-order chi connectivity index (χ0) is 21.3. The Morgan fingerprint density at radius 1 is 0.800 bits per heavy atom. The maximum Gasteiger partial charge on any atom is 0.345 e. The van der Waals surface area contributed by atoms with Gasteiger partial charge in [0.25, 0.3) is 0 Å². The number of anilines is 1. The summed E-state index contributed by atoms with van der Waals surface area (Å²) in [6.07, 6.45) is 11.0. The van der Waals surface area contributed by atoms with E-state index in [0.717, 1.165) is 64.2 Å². The molecule has 1 aromatic carbocycles. The van der Waals surface area contributed by atoms with Crippen molar-refractivity contribution in [3.63, 3.8) is 0 Å². The minimum Gasteiger partial charge on any atom is -0.459 e. The van der Waals surface area contributed by atoms with Crippen molar-refractivity contribution < 1.29 is 23.9 Å². The van der Waals surface area contributed by atoms with Crippen LogP contribution in [0.15, 0.2) is 29.8 Å². The highest BCUT2D eigenvalue weighted by molar-refractivity contribution is 6.17. The first-order valence-electron chi connectivity index (χ1n) is 11.0. The van der Waals surface area contributed by atoms with E-state index in [0.29, 0.717) is 11.3 Å². The van der Waals surface area contributed by atoms with Crippen molar-refractivity contribution in [2.45, 2.75) is 83.3 Å². The minimum absolute atomic E-state index is 0.0709. The number of carbonyl (C=O) groups excluding carboxylic acids is 3. The molecule has 1 aromatic rings. The number of ether oxygens (including phenoxy) is 2. The van der Waals surface area contributed by atoms with Crippen LogP contribution in [0.2, 0.25) is 0 Å². The first kappa shape index (κ1) is 22.1. The van der Waals surface area contributed by atoms with E-state index in [2.05, 4.69) is 5.32 Å². The highest BCUT2D eigenvalue weighted by Crippen LogP contribution is 2.24. The van der Waals surface area contributed by atoms with Gasteiger partial charge in [-0.3, -0.25) is 4.79 Å². The average molecular weight is 414 g/mol. The fourth-order valence-corrected chi connectivity index (χ4v) is 4.03. The number of hydrogen-bond donors (Lipinski definition) is 1. The van der Waals surface area contributed by atoms with E-state index in [4.69, 9.17) is 9.47 Å². The lowest BCUT2D eigenvalue weighted by molar-refractivity contribution is -0.154. The van der Waals surface area contributed by atoms with Crippen LogP contribution in [0.3, 0.4) is 0 Å². The molecule has 6 heteroatoms.